The number of para-hydroxylation sites is 1. The van der Waals surface area contributed by atoms with Crippen LogP contribution in [0.5, 0.6) is 0 Å². The first-order valence-corrected chi connectivity index (χ1v) is 8.97. The summed E-state index contributed by atoms with van der Waals surface area (Å²) in [5.74, 6) is 0.340. The molecule has 2 N–H and O–H groups in total. The molecule has 25 heavy (non-hydrogen) atoms. The fourth-order valence-corrected chi connectivity index (χ4v) is 3.58. The number of H-pyrrole nitrogens is 1. The minimum absolute atomic E-state index is 0.119. The summed E-state index contributed by atoms with van der Waals surface area (Å²) in [7, 11) is 0. The second-order valence-electron chi connectivity index (χ2n) is 6.08. The quantitative estimate of drug-likeness (QED) is 0.731. The van der Waals surface area contributed by atoms with E-state index in [4.69, 9.17) is 0 Å². The molecule has 2 heterocycles. The van der Waals surface area contributed by atoms with Gasteiger partial charge in [-0.25, -0.2) is 9.78 Å². The van der Waals surface area contributed by atoms with Gasteiger partial charge in [0.1, 0.15) is 0 Å². The van der Waals surface area contributed by atoms with Gasteiger partial charge in [-0.2, -0.15) is 0 Å². The Balaban J connectivity index is 1.49. The maximum atomic E-state index is 12.2. The van der Waals surface area contributed by atoms with Crippen LogP contribution >= 0.6 is 11.3 Å². The van der Waals surface area contributed by atoms with Crippen LogP contribution in [-0.2, 0) is 11.3 Å². The number of nitrogens with zero attached hydrogens (tertiary/aromatic N) is 2. The summed E-state index contributed by atoms with van der Waals surface area (Å²) in [6, 6.07) is 6.84. The molecule has 8 heteroatoms. The van der Waals surface area contributed by atoms with Gasteiger partial charge >= 0.3 is 5.69 Å². The lowest BCUT2D eigenvalue weighted by Gasteiger charge is -2.09. The van der Waals surface area contributed by atoms with Crippen molar-refractivity contribution in [2.75, 3.05) is 5.32 Å². The molecule has 1 fully saturated rings. The van der Waals surface area contributed by atoms with E-state index >= 15 is 0 Å². The van der Waals surface area contributed by atoms with Gasteiger partial charge in [-0.3, -0.25) is 19.1 Å². The number of aromatic amines is 1. The van der Waals surface area contributed by atoms with Crippen LogP contribution in [0, 0.1) is 0 Å². The van der Waals surface area contributed by atoms with Gasteiger partial charge in [-0.15, -0.1) is 11.3 Å². The van der Waals surface area contributed by atoms with E-state index in [9.17, 15) is 14.4 Å². The minimum Gasteiger partial charge on any atom is -0.302 e. The van der Waals surface area contributed by atoms with Crippen molar-refractivity contribution in [1.29, 1.82) is 0 Å². The standard InChI is InChI=1S/C17H16N4O3S/c22-14(19-16-18-12(9-25-16)10-5-6-10)7-8-21-13-4-2-1-3-11(13)15(23)20-17(21)24/h1-4,9-10H,5-8H2,(H,18,19,22)(H,20,23,24). The van der Waals surface area contributed by atoms with Crippen LogP contribution in [0.15, 0.2) is 39.2 Å². The van der Waals surface area contributed by atoms with E-state index in [1.54, 1.807) is 24.3 Å². The van der Waals surface area contributed by atoms with Crippen molar-refractivity contribution in [1.82, 2.24) is 14.5 Å². The molecule has 128 valence electrons. The van der Waals surface area contributed by atoms with Crippen LogP contribution < -0.4 is 16.6 Å². The largest absolute Gasteiger partial charge is 0.328 e. The Bertz CT molecular complexity index is 1060. The number of carbonyl (C=O) groups excluding carboxylic acids is 1. The summed E-state index contributed by atoms with van der Waals surface area (Å²) >= 11 is 1.42. The zero-order valence-electron chi connectivity index (χ0n) is 13.3. The topological polar surface area (TPSA) is 96.9 Å². The number of thiazole rings is 1. The lowest BCUT2D eigenvalue weighted by atomic mass is 10.2. The molecule has 0 atom stereocenters. The lowest BCUT2D eigenvalue weighted by molar-refractivity contribution is -0.116. The maximum Gasteiger partial charge on any atom is 0.328 e. The summed E-state index contributed by atoms with van der Waals surface area (Å²) in [4.78, 5) is 42.8. The normalized spacial score (nSPS) is 13.9. The molecule has 1 aliphatic carbocycles. The zero-order chi connectivity index (χ0) is 17.4. The smallest absolute Gasteiger partial charge is 0.302 e. The van der Waals surface area contributed by atoms with E-state index in [0.717, 1.165) is 5.69 Å². The van der Waals surface area contributed by atoms with E-state index in [-0.39, 0.29) is 18.9 Å². The fraction of sp³-hybridized carbons (Fsp3) is 0.294. The summed E-state index contributed by atoms with van der Waals surface area (Å²) in [5.41, 5.74) is 0.635. The zero-order valence-corrected chi connectivity index (χ0v) is 14.1. The van der Waals surface area contributed by atoms with Crippen LogP contribution in [0.3, 0.4) is 0 Å². The molecular weight excluding hydrogens is 340 g/mol. The number of fused-ring (bicyclic) bond motifs is 1. The SMILES string of the molecule is O=C(CCn1c(=O)[nH]c(=O)c2ccccc21)Nc1nc(C2CC2)cs1. The fourth-order valence-electron chi connectivity index (χ4n) is 2.77. The third kappa shape index (κ3) is 3.25. The third-order valence-corrected chi connectivity index (χ3v) is 5.01. The monoisotopic (exact) mass is 356 g/mol. The van der Waals surface area contributed by atoms with E-state index < -0.39 is 11.2 Å². The van der Waals surface area contributed by atoms with Gasteiger partial charge in [0.15, 0.2) is 5.13 Å². The number of aromatic nitrogens is 3. The Morgan fingerprint density at radius 1 is 1.32 bits per heavy atom. The lowest BCUT2D eigenvalue weighted by Crippen LogP contribution is -2.31. The summed E-state index contributed by atoms with van der Waals surface area (Å²) < 4.78 is 1.41. The molecule has 2 aromatic heterocycles. The Morgan fingerprint density at radius 3 is 2.92 bits per heavy atom. The number of rotatable bonds is 5. The van der Waals surface area contributed by atoms with E-state index in [0.29, 0.717) is 22.0 Å². The molecule has 0 spiro atoms. The van der Waals surface area contributed by atoms with Gasteiger partial charge in [-0.1, -0.05) is 12.1 Å². The average molecular weight is 356 g/mol. The van der Waals surface area contributed by atoms with Gasteiger partial charge in [-0.05, 0) is 25.0 Å². The first kappa shape index (κ1) is 15.8. The van der Waals surface area contributed by atoms with Crippen LogP contribution in [0.4, 0.5) is 5.13 Å². The molecule has 0 bridgehead atoms. The van der Waals surface area contributed by atoms with Crippen molar-refractivity contribution in [3.8, 4) is 0 Å². The van der Waals surface area contributed by atoms with Crippen molar-refractivity contribution in [2.45, 2.75) is 31.7 Å². The average Bonchev–Trinajstić information content (AvgIpc) is 3.35. The first-order chi connectivity index (χ1) is 12.1. The summed E-state index contributed by atoms with van der Waals surface area (Å²) in [6.45, 7) is 0.183. The molecule has 1 saturated carbocycles. The second kappa shape index (κ2) is 6.29. The van der Waals surface area contributed by atoms with Crippen molar-refractivity contribution in [3.05, 3.63) is 56.2 Å². The second-order valence-corrected chi connectivity index (χ2v) is 6.94. The van der Waals surface area contributed by atoms with Crippen molar-refractivity contribution >= 4 is 33.3 Å². The minimum atomic E-state index is -0.512. The molecule has 4 rings (SSSR count). The van der Waals surface area contributed by atoms with Crippen molar-refractivity contribution < 1.29 is 4.79 Å². The number of nitrogens with one attached hydrogen (secondary N) is 2. The molecule has 0 unspecified atom stereocenters. The van der Waals surface area contributed by atoms with Gasteiger partial charge < -0.3 is 5.32 Å². The molecule has 0 aliphatic heterocycles. The highest BCUT2D eigenvalue weighted by Gasteiger charge is 2.26. The van der Waals surface area contributed by atoms with E-state index in [1.807, 2.05) is 5.38 Å². The highest BCUT2D eigenvalue weighted by atomic mass is 32.1. The van der Waals surface area contributed by atoms with Crippen molar-refractivity contribution in [2.24, 2.45) is 0 Å². The van der Waals surface area contributed by atoms with Gasteiger partial charge in [0.25, 0.3) is 5.56 Å². The molecule has 1 aromatic carbocycles. The van der Waals surface area contributed by atoms with E-state index in [1.165, 1.54) is 28.7 Å². The maximum absolute atomic E-state index is 12.2. The van der Waals surface area contributed by atoms with Crippen LogP contribution in [0.2, 0.25) is 0 Å². The predicted molar refractivity (Wildman–Crippen MR) is 96.2 cm³/mol. The Labute approximate surface area is 146 Å². The third-order valence-electron chi connectivity index (χ3n) is 4.23. The summed E-state index contributed by atoms with van der Waals surface area (Å²) in [5, 5.41) is 5.77. The first-order valence-electron chi connectivity index (χ1n) is 8.09. The molecule has 3 aromatic rings. The Hall–Kier alpha value is -2.74. The molecule has 1 amide bonds. The Morgan fingerprint density at radius 2 is 2.12 bits per heavy atom. The molecular formula is C17H16N4O3S. The van der Waals surface area contributed by atoms with Gasteiger partial charge in [0.2, 0.25) is 5.91 Å². The number of hydrogen-bond donors (Lipinski definition) is 2. The molecule has 0 saturated heterocycles. The molecule has 7 nitrogen and oxygen atoms in total. The highest BCUT2D eigenvalue weighted by Crippen LogP contribution is 2.40. The predicted octanol–water partition coefficient (Wildman–Crippen LogP) is 2.05. The van der Waals surface area contributed by atoms with Crippen LogP contribution in [-0.4, -0.2) is 20.4 Å². The number of amides is 1. The molecule has 1 aliphatic rings. The molecule has 0 radical (unpaired) electrons. The van der Waals surface area contributed by atoms with Crippen LogP contribution in [0.25, 0.3) is 10.9 Å². The van der Waals surface area contributed by atoms with Crippen molar-refractivity contribution in [3.63, 3.8) is 0 Å². The number of anilines is 1. The van der Waals surface area contributed by atoms with Gasteiger partial charge in [0, 0.05) is 24.3 Å². The van der Waals surface area contributed by atoms with Crippen LogP contribution in [0.1, 0.15) is 30.9 Å². The van der Waals surface area contributed by atoms with Gasteiger partial charge in [0.05, 0.1) is 16.6 Å². The highest BCUT2D eigenvalue weighted by molar-refractivity contribution is 7.13. The number of hydrogen-bond acceptors (Lipinski definition) is 5. The summed E-state index contributed by atoms with van der Waals surface area (Å²) in [6.07, 6.45) is 2.45. The Kier molecular flexibility index (Phi) is 3.96. The van der Waals surface area contributed by atoms with E-state index in [2.05, 4.69) is 15.3 Å². The number of carbonyl (C=O) groups is 1. The number of benzene rings is 1. The number of aryl methyl sites for hydroxylation is 1.